The van der Waals surface area contributed by atoms with Gasteiger partial charge in [-0.1, -0.05) is 18.2 Å². The summed E-state index contributed by atoms with van der Waals surface area (Å²) in [5.74, 6) is -1.85. The van der Waals surface area contributed by atoms with E-state index in [2.05, 4.69) is 6.07 Å². The number of benzene rings is 1. The molecule has 1 heterocycles. The highest BCUT2D eigenvalue weighted by atomic mass is 32.1. The van der Waals surface area contributed by atoms with Crippen LogP contribution in [0.2, 0.25) is 0 Å². The summed E-state index contributed by atoms with van der Waals surface area (Å²) in [4.78, 5) is 0.975. The number of thiophene rings is 1. The standard InChI is InChI=1S/C14H11F2NS/c1-14(9-17,8-10-4-3-7-18-10)11-5-2-6-12(15)13(11)16/h2-7H,8H2,1H3. The maximum Gasteiger partial charge on any atom is 0.163 e. The van der Waals surface area contributed by atoms with Gasteiger partial charge in [0.2, 0.25) is 0 Å². The molecular weight excluding hydrogens is 252 g/mol. The fourth-order valence-electron chi connectivity index (χ4n) is 1.89. The Bertz CT molecular complexity index is 586. The molecule has 0 N–H and O–H groups in total. The van der Waals surface area contributed by atoms with E-state index in [9.17, 15) is 14.0 Å². The molecule has 1 nitrogen and oxygen atoms in total. The molecule has 0 aliphatic rings. The van der Waals surface area contributed by atoms with E-state index in [-0.39, 0.29) is 5.56 Å². The van der Waals surface area contributed by atoms with Crippen molar-refractivity contribution < 1.29 is 8.78 Å². The van der Waals surface area contributed by atoms with Crippen LogP contribution in [0.4, 0.5) is 8.78 Å². The van der Waals surface area contributed by atoms with Crippen LogP contribution in [0, 0.1) is 23.0 Å². The first-order chi connectivity index (χ1) is 8.57. The van der Waals surface area contributed by atoms with E-state index in [4.69, 9.17) is 0 Å². The Balaban J connectivity index is 2.44. The Morgan fingerprint density at radius 3 is 2.67 bits per heavy atom. The predicted molar refractivity (Wildman–Crippen MR) is 67.3 cm³/mol. The molecule has 1 atom stereocenters. The Morgan fingerprint density at radius 1 is 1.28 bits per heavy atom. The van der Waals surface area contributed by atoms with E-state index in [1.165, 1.54) is 23.5 Å². The lowest BCUT2D eigenvalue weighted by atomic mass is 9.80. The molecule has 0 radical (unpaired) electrons. The van der Waals surface area contributed by atoms with Gasteiger partial charge in [0.05, 0.1) is 11.5 Å². The topological polar surface area (TPSA) is 23.8 Å². The molecule has 0 bridgehead atoms. The SMILES string of the molecule is CC(C#N)(Cc1cccs1)c1cccc(F)c1F. The fraction of sp³-hybridized carbons (Fsp3) is 0.214. The highest BCUT2D eigenvalue weighted by Gasteiger charge is 2.31. The van der Waals surface area contributed by atoms with Gasteiger partial charge in [-0.3, -0.25) is 0 Å². The Hall–Kier alpha value is -1.73. The van der Waals surface area contributed by atoms with Crippen LogP contribution < -0.4 is 0 Å². The van der Waals surface area contributed by atoms with Crippen molar-refractivity contribution in [3.8, 4) is 6.07 Å². The highest BCUT2D eigenvalue weighted by Crippen LogP contribution is 2.31. The van der Waals surface area contributed by atoms with Crippen LogP contribution in [0.1, 0.15) is 17.4 Å². The molecule has 1 unspecified atom stereocenters. The molecule has 0 spiro atoms. The van der Waals surface area contributed by atoms with E-state index in [0.29, 0.717) is 6.42 Å². The first-order valence-corrected chi connectivity index (χ1v) is 6.33. The van der Waals surface area contributed by atoms with Crippen LogP contribution in [0.15, 0.2) is 35.7 Å². The molecule has 0 amide bonds. The van der Waals surface area contributed by atoms with Crippen LogP contribution in [0.25, 0.3) is 0 Å². The molecule has 1 aromatic heterocycles. The zero-order valence-electron chi connectivity index (χ0n) is 9.78. The van der Waals surface area contributed by atoms with Crippen molar-refractivity contribution in [2.45, 2.75) is 18.8 Å². The number of hydrogen-bond acceptors (Lipinski definition) is 2. The molecule has 0 saturated carbocycles. The summed E-state index contributed by atoms with van der Waals surface area (Å²) in [6.07, 6.45) is 0.377. The second kappa shape index (κ2) is 4.87. The van der Waals surface area contributed by atoms with E-state index in [1.807, 2.05) is 17.5 Å². The van der Waals surface area contributed by atoms with Crippen LogP contribution >= 0.6 is 11.3 Å². The van der Waals surface area contributed by atoms with Gasteiger partial charge < -0.3 is 0 Å². The Morgan fingerprint density at radius 2 is 2.06 bits per heavy atom. The summed E-state index contributed by atoms with van der Waals surface area (Å²) >= 11 is 1.50. The van der Waals surface area contributed by atoms with Crippen LogP contribution in [0.5, 0.6) is 0 Å². The lowest BCUT2D eigenvalue weighted by Crippen LogP contribution is -2.24. The first kappa shape index (κ1) is 12.7. The molecule has 1 aromatic carbocycles. The zero-order valence-corrected chi connectivity index (χ0v) is 10.6. The molecule has 0 saturated heterocycles. The van der Waals surface area contributed by atoms with E-state index < -0.39 is 17.0 Å². The minimum Gasteiger partial charge on any atom is -0.204 e. The Kier molecular flexibility index (Phi) is 3.44. The number of halogens is 2. The molecule has 4 heteroatoms. The maximum atomic E-state index is 13.8. The van der Waals surface area contributed by atoms with Crippen molar-refractivity contribution in [3.63, 3.8) is 0 Å². The molecule has 92 valence electrons. The van der Waals surface area contributed by atoms with Gasteiger partial charge >= 0.3 is 0 Å². The molecule has 2 aromatic rings. The van der Waals surface area contributed by atoms with E-state index in [0.717, 1.165) is 10.9 Å². The smallest absolute Gasteiger partial charge is 0.163 e. The summed E-state index contributed by atoms with van der Waals surface area (Å²) in [6, 6.07) is 9.82. The zero-order chi connectivity index (χ0) is 13.2. The normalized spacial score (nSPS) is 13.9. The van der Waals surface area contributed by atoms with E-state index >= 15 is 0 Å². The maximum absolute atomic E-state index is 13.8. The van der Waals surface area contributed by atoms with Crippen molar-refractivity contribution in [1.29, 1.82) is 5.26 Å². The third-order valence-electron chi connectivity index (χ3n) is 2.90. The average Bonchev–Trinajstić information content (AvgIpc) is 2.85. The van der Waals surface area contributed by atoms with Crippen LogP contribution in [-0.4, -0.2) is 0 Å². The van der Waals surface area contributed by atoms with Gasteiger partial charge in [0.1, 0.15) is 0 Å². The first-order valence-electron chi connectivity index (χ1n) is 5.45. The van der Waals surface area contributed by atoms with Crippen molar-refractivity contribution in [2.24, 2.45) is 0 Å². The number of nitriles is 1. The number of hydrogen-bond donors (Lipinski definition) is 0. The monoisotopic (exact) mass is 263 g/mol. The van der Waals surface area contributed by atoms with E-state index in [1.54, 1.807) is 6.92 Å². The third-order valence-corrected chi connectivity index (χ3v) is 3.78. The van der Waals surface area contributed by atoms with Crippen LogP contribution in [0.3, 0.4) is 0 Å². The predicted octanol–water partition coefficient (Wildman–Crippen LogP) is 4.05. The second-order valence-electron chi connectivity index (χ2n) is 4.30. The van der Waals surface area contributed by atoms with Gasteiger partial charge in [0.15, 0.2) is 11.6 Å². The lowest BCUT2D eigenvalue weighted by Gasteiger charge is -2.22. The van der Waals surface area contributed by atoms with Gasteiger partial charge in [0, 0.05) is 16.9 Å². The molecule has 0 aliphatic heterocycles. The summed E-state index contributed by atoms with van der Waals surface area (Å²) in [5.41, 5.74) is -0.949. The van der Waals surface area contributed by atoms with Crippen molar-refractivity contribution in [1.82, 2.24) is 0 Å². The van der Waals surface area contributed by atoms with Crippen molar-refractivity contribution in [3.05, 3.63) is 57.8 Å². The minimum absolute atomic E-state index is 0.110. The number of nitrogens with zero attached hydrogens (tertiary/aromatic N) is 1. The van der Waals surface area contributed by atoms with Gasteiger partial charge in [-0.05, 0) is 24.4 Å². The molecule has 2 rings (SSSR count). The van der Waals surface area contributed by atoms with Crippen molar-refractivity contribution >= 4 is 11.3 Å². The van der Waals surface area contributed by atoms with Gasteiger partial charge in [-0.15, -0.1) is 11.3 Å². The van der Waals surface area contributed by atoms with Gasteiger partial charge in [-0.25, -0.2) is 8.78 Å². The lowest BCUT2D eigenvalue weighted by molar-refractivity contribution is 0.471. The quantitative estimate of drug-likeness (QED) is 0.819. The summed E-state index contributed by atoms with van der Waals surface area (Å²) in [6.45, 7) is 1.63. The molecule has 18 heavy (non-hydrogen) atoms. The Labute approximate surface area is 108 Å². The molecular formula is C14H11F2NS. The average molecular weight is 263 g/mol. The third kappa shape index (κ3) is 2.27. The summed E-state index contributed by atoms with van der Waals surface area (Å²) < 4.78 is 27.0. The largest absolute Gasteiger partial charge is 0.204 e. The summed E-state index contributed by atoms with van der Waals surface area (Å²) in [7, 11) is 0. The van der Waals surface area contributed by atoms with Gasteiger partial charge in [-0.2, -0.15) is 5.26 Å². The van der Waals surface area contributed by atoms with Crippen LogP contribution in [-0.2, 0) is 11.8 Å². The fourth-order valence-corrected chi connectivity index (χ4v) is 2.75. The second-order valence-corrected chi connectivity index (χ2v) is 5.33. The molecule has 0 fully saturated rings. The van der Waals surface area contributed by atoms with Gasteiger partial charge in [0.25, 0.3) is 0 Å². The minimum atomic E-state index is -1.06. The number of rotatable bonds is 3. The highest BCUT2D eigenvalue weighted by molar-refractivity contribution is 7.09. The summed E-state index contributed by atoms with van der Waals surface area (Å²) in [5, 5.41) is 11.2. The van der Waals surface area contributed by atoms with Crippen molar-refractivity contribution in [2.75, 3.05) is 0 Å². The molecule has 0 aliphatic carbocycles.